The van der Waals surface area contributed by atoms with E-state index in [2.05, 4.69) is 26.0 Å². The standard InChI is InChI=1S/C15H12BrN3O2/c1-8-13(16)9(2)19(18-8)14-11-6-4-3-5-10(11)7-12(17-14)15(20)21/h3-7H,1-2H3,(H,20,21). The summed E-state index contributed by atoms with van der Waals surface area (Å²) >= 11 is 3.48. The number of aromatic nitrogens is 3. The summed E-state index contributed by atoms with van der Waals surface area (Å²) in [6.07, 6.45) is 0. The van der Waals surface area contributed by atoms with E-state index >= 15 is 0 Å². The predicted octanol–water partition coefficient (Wildman–Crippen LogP) is 3.50. The Balaban J connectivity index is 2.39. The SMILES string of the molecule is Cc1nn(-c2nc(C(=O)O)cc3ccccc23)c(C)c1Br. The quantitative estimate of drug-likeness (QED) is 0.771. The highest BCUT2D eigenvalue weighted by Crippen LogP contribution is 2.27. The summed E-state index contributed by atoms with van der Waals surface area (Å²) in [6.45, 7) is 3.80. The van der Waals surface area contributed by atoms with E-state index in [4.69, 9.17) is 0 Å². The molecule has 0 radical (unpaired) electrons. The van der Waals surface area contributed by atoms with Gasteiger partial charge in [-0.2, -0.15) is 5.10 Å². The van der Waals surface area contributed by atoms with Gasteiger partial charge >= 0.3 is 5.97 Å². The lowest BCUT2D eigenvalue weighted by Crippen LogP contribution is -2.08. The molecule has 0 fully saturated rings. The molecule has 0 aliphatic heterocycles. The van der Waals surface area contributed by atoms with Crippen LogP contribution in [0.2, 0.25) is 0 Å². The van der Waals surface area contributed by atoms with Crippen LogP contribution in [0.25, 0.3) is 16.6 Å². The number of hydrogen-bond acceptors (Lipinski definition) is 3. The zero-order chi connectivity index (χ0) is 15.1. The molecule has 0 aliphatic carbocycles. The number of carboxylic acids is 1. The van der Waals surface area contributed by atoms with Gasteiger partial charge in [-0.05, 0) is 41.2 Å². The lowest BCUT2D eigenvalue weighted by atomic mass is 10.1. The molecule has 1 N–H and O–H groups in total. The predicted molar refractivity (Wildman–Crippen MR) is 83.0 cm³/mol. The van der Waals surface area contributed by atoms with E-state index in [-0.39, 0.29) is 5.69 Å². The van der Waals surface area contributed by atoms with E-state index in [9.17, 15) is 9.90 Å². The summed E-state index contributed by atoms with van der Waals surface area (Å²) in [5, 5.41) is 15.4. The van der Waals surface area contributed by atoms with Gasteiger partial charge in [0.05, 0.1) is 15.9 Å². The third-order valence-electron chi connectivity index (χ3n) is 3.34. The molecule has 2 aromatic heterocycles. The van der Waals surface area contributed by atoms with Crippen LogP contribution in [0, 0.1) is 13.8 Å². The average molecular weight is 346 g/mol. The highest BCUT2D eigenvalue weighted by Gasteiger charge is 2.16. The molecule has 5 nitrogen and oxygen atoms in total. The Morgan fingerprint density at radius 3 is 2.62 bits per heavy atom. The van der Waals surface area contributed by atoms with Gasteiger partial charge in [0.2, 0.25) is 0 Å². The van der Waals surface area contributed by atoms with Gasteiger partial charge in [-0.15, -0.1) is 0 Å². The minimum atomic E-state index is -1.05. The zero-order valence-electron chi connectivity index (χ0n) is 11.5. The molecule has 1 aromatic carbocycles. The van der Waals surface area contributed by atoms with Crippen LogP contribution in [0.4, 0.5) is 0 Å². The number of carbonyl (C=O) groups is 1. The van der Waals surface area contributed by atoms with Crippen molar-refractivity contribution in [3.63, 3.8) is 0 Å². The topological polar surface area (TPSA) is 68.0 Å². The number of aryl methyl sites for hydroxylation is 1. The Morgan fingerprint density at radius 1 is 1.29 bits per heavy atom. The van der Waals surface area contributed by atoms with Crippen molar-refractivity contribution in [3.05, 3.63) is 51.9 Å². The number of halogens is 1. The van der Waals surface area contributed by atoms with Gasteiger partial charge in [0.25, 0.3) is 0 Å². The number of fused-ring (bicyclic) bond motifs is 1. The summed E-state index contributed by atoms with van der Waals surface area (Å²) in [6, 6.07) is 9.12. The molecule has 3 aromatic rings. The van der Waals surface area contributed by atoms with E-state index in [1.54, 1.807) is 10.7 Å². The first-order valence-electron chi connectivity index (χ1n) is 6.34. The number of rotatable bonds is 2. The second-order valence-corrected chi connectivity index (χ2v) is 5.55. The Bertz CT molecular complexity index is 871. The van der Waals surface area contributed by atoms with Crippen molar-refractivity contribution < 1.29 is 9.90 Å². The van der Waals surface area contributed by atoms with Crippen molar-refractivity contribution in [2.75, 3.05) is 0 Å². The molecule has 2 heterocycles. The van der Waals surface area contributed by atoms with Crippen molar-refractivity contribution in [2.24, 2.45) is 0 Å². The summed E-state index contributed by atoms with van der Waals surface area (Å²) < 4.78 is 2.57. The molecule has 3 rings (SSSR count). The summed E-state index contributed by atoms with van der Waals surface area (Å²) in [4.78, 5) is 15.5. The molecule has 106 valence electrons. The number of nitrogens with zero attached hydrogens (tertiary/aromatic N) is 3. The maximum absolute atomic E-state index is 11.3. The largest absolute Gasteiger partial charge is 0.477 e. The maximum Gasteiger partial charge on any atom is 0.354 e. The van der Waals surface area contributed by atoms with Crippen LogP contribution in [0.1, 0.15) is 21.9 Å². The molecule has 0 aliphatic rings. The lowest BCUT2D eigenvalue weighted by Gasteiger charge is -2.09. The molecule has 0 saturated carbocycles. The molecule has 21 heavy (non-hydrogen) atoms. The first kappa shape index (κ1) is 13.8. The van der Waals surface area contributed by atoms with E-state index in [0.29, 0.717) is 5.82 Å². The fraction of sp³-hybridized carbons (Fsp3) is 0.133. The molecule has 0 atom stereocenters. The Morgan fingerprint density at radius 2 is 2.00 bits per heavy atom. The number of carboxylic acid groups (broad SMARTS) is 1. The molecule has 6 heteroatoms. The van der Waals surface area contributed by atoms with Crippen LogP contribution < -0.4 is 0 Å². The van der Waals surface area contributed by atoms with Crippen molar-refractivity contribution in [1.82, 2.24) is 14.8 Å². The van der Waals surface area contributed by atoms with Gasteiger partial charge in [0, 0.05) is 5.39 Å². The zero-order valence-corrected chi connectivity index (χ0v) is 13.0. The summed E-state index contributed by atoms with van der Waals surface area (Å²) in [5.41, 5.74) is 1.72. The number of hydrogen-bond donors (Lipinski definition) is 1. The molecule has 0 unspecified atom stereocenters. The van der Waals surface area contributed by atoms with Gasteiger partial charge in [-0.3, -0.25) is 0 Å². The summed E-state index contributed by atoms with van der Waals surface area (Å²) in [7, 11) is 0. The Labute approximate surface area is 129 Å². The van der Waals surface area contributed by atoms with Crippen LogP contribution >= 0.6 is 15.9 Å². The molecule has 0 bridgehead atoms. The number of benzene rings is 1. The van der Waals surface area contributed by atoms with Crippen LogP contribution in [-0.4, -0.2) is 25.8 Å². The normalized spacial score (nSPS) is 11.0. The van der Waals surface area contributed by atoms with Gasteiger partial charge in [0.1, 0.15) is 0 Å². The summed E-state index contributed by atoms with van der Waals surface area (Å²) in [5.74, 6) is -0.528. The van der Waals surface area contributed by atoms with Crippen molar-refractivity contribution in [2.45, 2.75) is 13.8 Å². The fourth-order valence-electron chi connectivity index (χ4n) is 2.28. The lowest BCUT2D eigenvalue weighted by molar-refractivity contribution is 0.0690. The molecular weight excluding hydrogens is 334 g/mol. The minimum Gasteiger partial charge on any atom is -0.477 e. The van der Waals surface area contributed by atoms with Crippen molar-refractivity contribution in [1.29, 1.82) is 0 Å². The van der Waals surface area contributed by atoms with Crippen molar-refractivity contribution in [3.8, 4) is 5.82 Å². The Hall–Kier alpha value is -2.21. The maximum atomic E-state index is 11.3. The van der Waals surface area contributed by atoms with Crippen LogP contribution in [0.15, 0.2) is 34.8 Å². The molecular formula is C15H12BrN3O2. The van der Waals surface area contributed by atoms with E-state index in [0.717, 1.165) is 26.6 Å². The molecule has 0 saturated heterocycles. The smallest absolute Gasteiger partial charge is 0.354 e. The van der Waals surface area contributed by atoms with Crippen LogP contribution in [0.3, 0.4) is 0 Å². The fourth-order valence-corrected chi connectivity index (χ4v) is 2.53. The van der Waals surface area contributed by atoms with Crippen LogP contribution in [-0.2, 0) is 0 Å². The van der Waals surface area contributed by atoms with E-state index in [1.165, 1.54) is 0 Å². The van der Waals surface area contributed by atoms with Gasteiger partial charge in [0.15, 0.2) is 11.5 Å². The van der Waals surface area contributed by atoms with Crippen LogP contribution in [0.5, 0.6) is 0 Å². The Kier molecular flexibility index (Phi) is 3.25. The highest BCUT2D eigenvalue weighted by molar-refractivity contribution is 9.10. The van der Waals surface area contributed by atoms with E-state index < -0.39 is 5.97 Å². The third kappa shape index (κ3) is 2.21. The first-order chi connectivity index (χ1) is 9.99. The monoisotopic (exact) mass is 345 g/mol. The van der Waals surface area contributed by atoms with Crippen molar-refractivity contribution >= 4 is 32.7 Å². The minimum absolute atomic E-state index is 0.00683. The second-order valence-electron chi connectivity index (χ2n) is 4.75. The average Bonchev–Trinajstić information content (AvgIpc) is 2.73. The molecule has 0 spiro atoms. The third-order valence-corrected chi connectivity index (χ3v) is 4.49. The number of pyridine rings is 1. The van der Waals surface area contributed by atoms with E-state index in [1.807, 2.05) is 38.1 Å². The second kappa shape index (κ2) is 4.96. The first-order valence-corrected chi connectivity index (χ1v) is 7.13. The van der Waals surface area contributed by atoms with Gasteiger partial charge < -0.3 is 5.11 Å². The van der Waals surface area contributed by atoms with Gasteiger partial charge in [-0.1, -0.05) is 24.3 Å². The molecule has 0 amide bonds. The highest BCUT2D eigenvalue weighted by atomic mass is 79.9. The van der Waals surface area contributed by atoms with Gasteiger partial charge in [-0.25, -0.2) is 14.5 Å². The number of aromatic carboxylic acids is 1.